The molecule has 0 saturated carbocycles. The highest BCUT2D eigenvalue weighted by atomic mass is 35.5. The van der Waals surface area contributed by atoms with Crippen LogP contribution in [0.25, 0.3) is 22.3 Å². The second-order valence-corrected chi connectivity index (χ2v) is 10.2. The molecular weight excluding hydrogens is 535 g/mol. The fraction of sp³-hybridized carbons (Fsp3) is 0.207. The van der Waals surface area contributed by atoms with E-state index < -0.39 is 5.41 Å². The Kier molecular flexibility index (Phi) is 9.12. The zero-order chi connectivity index (χ0) is 27.4. The van der Waals surface area contributed by atoms with Gasteiger partial charge in [0.2, 0.25) is 5.91 Å². The van der Waals surface area contributed by atoms with Crippen molar-refractivity contribution >= 4 is 58.2 Å². The number of nitrogens with zero attached hydrogens (tertiary/aromatic N) is 3. The van der Waals surface area contributed by atoms with E-state index in [1.54, 1.807) is 55.6 Å². The Morgan fingerprint density at radius 1 is 1.03 bits per heavy atom. The van der Waals surface area contributed by atoms with Crippen LogP contribution in [0.2, 0.25) is 5.02 Å². The molecule has 1 aromatic heterocycles. The van der Waals surface area contributed by atoms with Crippen molar-refractivity contribution in [3.8, 4) is 17.5 Å². The number of fused-ring (bicyclic) bond motifs is 1. The van der Waals surface area contributed by atoms with Crippen LogP contribution in [0, 0.1) is 16.7 Å². The number of anilines is 2. The average molecular weight is 563 g/mol. The van der Waals surface area contributed by atoms with E-state index in [0.717, 1.165) is 10.9 Å². The normalized spacial score (nSPS) is 10.8. The molecule has 0 aliphatic rings. The van der Waals surface area contributed by atoms with Crippen LogP contribution in [0.1, 0.15) is 42.3 Å². The number of rotatable bonds is 6. The molecule has 4 rings (SSSR count). The minimum atomic E-state index is -0.516. The van der Waals surface area contributed by atoms with Crippen molar-refractivity contribution < 1.29 is 9.59 Å². The number of hydrogen-bond acceptors (Lipinski definition) is 6. The van der Waals surface area contributed by atoms with Gasteiger partial charge in [0.25, 0.3) is 5.91 Å². The maximum atomic E-state index is 13.1. The minimum absolute atomic E-state index is 0. The third-order valence-corrected chi connectivity index (χ3v) is 6.18. The molecule has 3 aromatic carbocycles. The first-order valence-electron chi connectivity index (χ1n) is 12.0. The van der Waals surface area contributed by atoms with Gasteiger partial charge < -0.3 is 16.0 Å². The van der Waals surface area contributed by atoms with Gasteiger partial charge in [-0.15, -0.1) is 12.4 Å². The number of carbonyl (C=O) groups is 2. The van der Waals surface area contributed by atoms with E-state index in [4.69, 9.17) is 11.6 Å². The van der Waals surface area contributed by atoms with Crippen LogP contribution in [0.5, 0.6) is 0 Å². The summed E-state index contributed by atoms with van der Waals surface area (Å²) in [5.74, 6) is 0.605. The van der Waals surface area contributed by atoms with Crippen molar-refractivity contribution in [3.05, 3.63) is 82.4 Å². The molecule has 200 valence electrons. The van der Waals surface area contributed by atoms with Crippen LogP contribution in [0.3, 0.4) is 0 Å². The lowest BCUT2D eigenvalue weighted by molar-refractivity contribution is -0.128. The van der Waals surface area contributed by atoms with E-state index in [-0.39, 0.29) is 30.8 Å². The van der Waals surface area contributed by atoms with E-state index >= 15 is 0 Å². The Balaban J connectivity index is 0.00000420. The molecule has 0 bridgehead atoms. The van der Waals surface area contributed by atoms with Gasteiger partial charge in [-0.25, -0.2) is 9.97 Å². The van der Waals surface area contributed by atoms with E-state index in [2.05, 4.69) is 32.0 Å². The van der Waals surface area contributed by atoms with Crippen LogP contribution in [0.4, 0.5) is 11.5 Å². The Morgan fingerprint density at radius 3 is 2.49 bits per heavy atom. The molecule has 1 heterocycles. The molecule has 3 N–H and O–H groups in total. The van der Waals surface area contributed by atoms with E-state index in [1.165, 1.54) is 0 Å². The van der Waals surface area contributed by atoms with Gasteiger partial charge in [0, 0.05) is 35.6 Å². The van der Waals surface area contributed by atoms with Gasteiger partial charge in [-0.2, -0.15) is 5.26 Å². The molecule has 8 nitrogen and oxygen atoms in total. The topological polar surface area (TPSA) is 120 Å². The molecule has 0 spiro atoms. The first-order chi connectivity index (χ1) is 18.1. The molecule has 4 aromatic rings. The lowest BCUT2D eigenvalue weighted by Gasteiger charge is -2.18. The van der Waals surface area contributed by atoms with E-state index in [0.29, 0.717) is 44.6 Å². The third kappa shape index (κ3) is 6.82. The highest BCUT2D eigenvalue weighted by Crippen LogP contribution is 2.28. The predicted octanol–water partition coefficient (Wildman–Crippen LogP) is 6.20. The van der Waals surface area contributed by atoms with Crippen molar-refractivity contribution in [2.45, 2.75) is 27.3 Å². The number of benzene rings is 3. The fourth-order valence-electron chi connectivity index (χ4n) is 3.76. The highest BCUT2D eigenvalue weighted by Gasteiger charge is 2.21. The number of hydrogen-bond donors (Lipinski definition) is 3. The Hall–Kier alpha value is -4.19. The number of amides is 2. The minimum Gasteiger partial charge on any atom is -0.373 e. The van der Waals surface area contributed by atoms with Gasteiger partial charge in [-0.3, -0.25) is 9.59 Å². The van der Waals surface area contributed by atoms with Crippen LogP contribution in [-0.2, 0) is 11.3 Å². The maximum Gasteiger partial charge on any atom is 0.257 e. The molecule has 10 heteroatoms. The number of nitrogens with one attached hydrogen (secondary N) is 3. The summed E-state index contributed by atoms with van der Waals surface area (Å²) >= 11 is 6.34. The standard InChI is InChI=1S/C29H27ClN6O2.ClH/c1-29(2,3)28(38)33-16-18-8-11-23(30)22(13-18)27(37)34-20-9-10-21-24(14-20)35-25(36-26(21)32-4)19-7-5-6-17(12-19)15-31;/h5-14H,16H2,1-4H3,(H,33,38)(H,34,37)(H,32,35,36);1H. The van der Waals surface area contributed by atoms with Gasteiger partial charge in [-0.1, -0.05) is 50.6 Å². The van der Waals surface area contributed by atoms with Crippen molar-refractivity contribution in [3.63, 3.8) is 0 Å². The van der Waals surface area contributed by atoms with Gasteiger partial charge in [0.05, 0.1) is 27.7 Å². The average Bonchev–Trinajstić information content (AvgIpc) is 2.90. The van der Waals surface area contributed by atoms with Crippen LogP contribution >= 0.6 is 24.0 Å². The molecule has 0 radical (unpaired) electrons. The van der Waals surface area contributed by atoms with E-state index in [9.17, 15) is 14.9 Å². The smallest absolute Gasteiger partial charge is 0.257 e. The van der Waals surface area contributed by atoms with Crippen LogP contribution in [-0.4, -0.2) is 28.8 Å². The lowest BCUT2D eigenvalue weighted by atomic mass is 9.95. The monoisotopic (exact) mass is 562 g/mol. The quantitative estimate of drug-likeness (QED) is 0.257. The zero-order valence-electron chi connectivity index (χ0n) is 21.9. The lowest BCUT2D eigenvalue weighted by Crippen LogP contribution is -2.34. The summed E-state index contributed by atoms with van der Waals surface area (Å²) in [5.41, 5.74) is 2.90. The Labute approximate surface area is 238 Å². The van der Waals surface area contributed by atoms with Crippen molar-refractivity contribution in [2.24, 2.45) is 5.41 Å². The van der Waals surface area contributed by atoms with Crippen LogP contribution in [0.15, 0.2) is 60.7 Å². The number of carbonyl (C=O) groups excluding carboxylic acids is 2. The fourth-order valence-corrected chi connectivity index (χ4v) is 3.96. The number of nitriles is 1. The third-order valence-electron chi connectivity index (χ3n) is 5.85. The molecule has 0 atom stereocenters. The number of halogens is 2. The predicted molar refractivity (Wildman–Crippen MR) is 157 cm³/mol. The van der Waals surface area contributed by atoms with Gasteiger partial charge in [0.1, 0.15) is 5.82 Å². The SMILES string of the molecule is CNc1nc(-c2cccc(C#N)c2)nc2cc(NC(=O)c3cc(CNC(=O)C(C)(C)C)ccc3Cl)ccc12.Cl. The molecule has 39 heavy (non-hydrogen) atoms. The van der Waals surface area contributed by atoms with Crippen molar-refractivity contribution in [1.82, 2.24) is 15.3 Å². The second kappa shape index (κ2) is 12.1. The maximum absolute atomic E-state index is 13.1. The van der Waals surface area contributed by atoms with Gasteiger partial charge >= 0.3 is 0 Å². The molecular formula is C29H28Cl2N6O2. The highest BCUT2D eigenvalue weighted by molar-refractivity contribution is 6.34. The summed E-state index contributed by atoms with van der Waals surface area (Å²) in [6.07, 6.45) is 0. The molecule has 0 aliphatic heterocycles. The summed E-state index contributed by atoms with van der Waals surface area (Å²) in [6.45, 7) is 5.79. The summed E-state index contributed by atoms with van der Waals surface area (Å²) in [4.78, 5) is 34.7. The van der Waals surface area contributed by atoms with Crippen molar-refractivity contribution in [1.29, 1.82) is 5.26 Å². The van der Waals surface area contributed by atoms with Gasteiger partial charge in [0.15, 0.2) is 5.82 Å². The van der Waals surface area contributed by atoms with Crippen molar-refractivity contribution in [2.75, 3.05) is 17.7 Å². The zero-order valence-corrected chi connectivity index (χ0v) is 23.5. The molecule has 0 aliphatic carbocycles. The first-order valence-corrected chi connectivity index (χ1v) is 12.3. The second-order valence-electron chi connectivity index (χ2n) is 9.77. The number of aromatic nitrogens is 2. The first kappa shape index (κ1) is 29.4. The summed E-state index contributed by atoms with van der Waals surface area (Å²) in [7, 11) is 1.77. The molecule has 0 unspecified atom stereocenters. The molecule has 0 saturated heterocycles. The summed E-state index contributed by atoms with van der Waals surface area (Å²) in [6, 6.07) is 19.6. The summed E-state index contributed by atoms with van der Waals surface area (Å²) in [5, 5.41) is 19.2. The van der Waals surface area contributed by atoms with E-state index in [1.807, 2.05) is 32.9 Å². The summed E-state index contributed by atoms with van der Waals surface area (Å²) < 4.78 is 0. The van der Waals surface area contributed by atoms with Crippen LogP contribution < -0.4 is 16.0 Å². The molecule has 2 amide bonds. The Morgan fingerprint density at radius 2 is 1.79 bits per heavy atom. The Bertz CT molecular complexity index is 1590. The molecule has 0 fully saturated rings. The van der Waals surface area contributed by atoms with Gasteiger partial charge in [-0.05, 0) is 48.0 Å². The largest absolute Gasteiger partial charge is 0.373 e.